The van der Waals surface area contributed by atoms with E-state index in [2.05, 4.69) is 5.32 Å². The van der Waals surface area contributed by atoms with Crippen molar-refractivity contribution in [3.8, 4) is 28.6 Å². The molecule has 0 aliphatic carbocycles. The number of amides is 1. The quantitative estimate of drug-likeness (QED) is 0.354. The van der Waals surface area contributed by atoms with Crippen molar-refractivity contribution < 1.29 is 23.7 Å². The third kappa shape index (κ3) is 5.86. The monoisotopic (exact) mass is 495 g/mol. The summed E-state index contributed by atoms with van der Waals surface area (Å²) >= 11 is 1.37. The number of fused-ring (bicyclic) bond motifs is 1. The maximum absolute atomic E-state index is 12.8. The molecule has 0 saturated heterocycles. The lowest BCUT2D eigenvalue weighted by atomic mass is 9.96. The van der Waals surface area contributed by atoms with Gasteiger partial charge in [0, 0.05) is 23.6 Å². The molecule has 1 amide bonds. The largest absolute Gasteiger partial charge is 0.497 e. The summed E-state index contributed by atoms with van der Waals surface area (Å²) < 4.78 is 21.9. The smallest absolute Gasteiger partial charge is 0.234 e. The first-order valence-corrected chi connectivity index (χ1v) is 12.1. The average molecular weight is 496 g/mol. The molecule has 9 heteroatoms. The highest BCUT2D eigenvalue weighted by Gasteiger charge is 2.30. The molecule has 1 aliphatic rings. The minimum absolute atomic E-state index is 0.171. The van der Waals surface area contributed by atoms with Gasteiger partial charge in [0.1, 0.15) is 22.3 Å². The molecule has 0 bridgehead atoms. The van der Waals surface area contributed by atoms with Gasteiger partial charge in [-0.25, -0.2) is 9.97 Å². The number of methoxy groups -OCH3 is 3. The van der Waals surface area contributed by atoms with E-state index in [4.69, 9.17) is 28.9 Å². The molecule has 0 fully saturated rings. The van der Waals surface area contributed by atoms with Crippen LogP contribution in [0.2, 0.25) is 0 Å². The fourth-order valence-electron chi connectivity index (χ4n) is 3.73. The van der Waals surface area contributed by atoms with Crippen LogP contribution in [0.5, 0.6) is 17.2 Å². The second-order valence-corrected chi connectivity index (χ2v) is 9.60. The molecule has 4 rings (SSSR count). The maximum atomic E-state index is 12.8. The molecule has 35 heavy (non-hydrogen) atoms. The van der Waals surface area contributed by atoms with E-state index in [0.29, 0.717) is 36.0 Å². The number of aromatic nitrogens is 2. The lowest BCUT2D eigenvalue weighted by Crippen LogP contribution is -2.33. The zero-order chi connectivity index (χ0) is 25.0. The highest BCUT2D eigenvalue weighted by atomic mass is 32.2. The van der Waals surface area contributed by atoms with Crippen LogP contribution in [0.15, 0.2) is 47.5 Å². The number of carbonyl (C=O) groups is 1. The summed E-state index contributed by atoms with van der Waals surface area (Å²) in [7, 11) is 4.76. The van der Waals surface area contributed by atoms with E-state index in [9.17, 15) is 4.79 Å². The van der Waals surface area contributed by atoms with Crippen LogP contribution in [0.25, 0.3) is 11.4 Å². The van der Waals surface area contributed by atoms with Gasteiger partial charge in [0.2, 0.25) is 5.91 Å². The second kappa shape index (κ2) is 10.5. The topological polar surface area (TPSA) is 91.8 Å². The van der Waals surface area contributed by atoms with Crippen LogP contribution in [0.1, 0.15) is 25.1 Å². The zero-order valence-electron chi connectivity index (χ0n) is 20.5. The van der Waals surface area contributed by atoms with Gasteiger partial charge in [0.15, 0.2) is 5.82 Å². The van der Waals surface area contributed by atoms with Gasteiger partial charge in [-0.2, -0.15) is 0 Å². The molecule has 0 unspecified atom stereocenters. The molecule has 184 valence electrons. The zero-order valence-corrected chi connectivity index (χ0v) is 21.3. The number of anilines is 1. The van der Waals surface area contributed by atoms with E-state index in [1.54, 1.807) is 39.5 Å². The minimum atomic E-state index is -0.317. The van der Waals surface area contributed by atoms with E-state index in [0.717, 1.165) is 27.6 Å². The molecule has 1 aromatic heterocycles. The number of nitrogens with zero attached hydrogens (tertiary/aromatic N) is 2. The molecule has 1 N–H and O–H groups in total. The number of hydrogen-bond acceptors (Lipinski definition) is 8. The average Bonchev–Trinajstić information content (AvgIpc) is 2.86. The molecule has 8 nitrogen and oxygen atoms in total. The number of nitrogens with one attached hydrogen (secondary N) is 1. The number of carbonyl (C=O) groups excluding carboxylic acids is 1. The lowest BCUT2D eigenvalue weighted by Gasteiger charge is -2.32. The van der Waals surface area contributed by atoms with Crippen molar-refractivity contribution in [1.29, 1.82) is 0 Å². The third-order valence-corrected chi connectivity index (χ3v) is 6.64. The highest BCUT2D eigenvalue weighted by Crippen LogP contribution is 2.35. The first kappa shape index (κ1) is 24.8. The van der Waals surface area contributed by atoms with Crippen molar-refractivity contribution in [3.05, 3.63) is 53.7 Å². The molecule has 0 spiro atoms. The summed E-state index contributed by atoms with van der Waals surface area (Å²) in [5, 5.41) is 3.65. The van der Waals surface area contributed by atoms with Crippen molar-refractivity contribution in [3.63, 3.8) is 0 Å². The maximum Gasteiger partial charge on any atom is 0.234 e. The van der Waals surface area contributed by atoms with Gasteiger partial charge in [-0.05, 0) is 50.2 Å². The molecular weight excluding hydrogens is 466 g/mol. The Morgan fingerprint density at radius 2 is 1.74 bits per heavy atom. The van der Waals surface area contributed by atoms with Crippen LogP contribution < -0.4 is 19.5 Å². The Labute approximate surface area is 209 Å². The second-order valence-electron chi connectivity index (χ2n) is 8.63. The van der Waals surface area contributed by atoms with Crippen molar-refractivity contribution in [1.82, 2.24) is 9.97 Å². The first-order valence-electron chi connectivity index (χ1n) is 11.1. The van der Waals surface area contributed by atoms with Gasteiger partial charge in [-0.1, -0.05) is 11.8 Å². The molecule has 0 radical (unpaired) electrons. The van der Waals surface area contributed by atoms with E-state index >= 15 is 0 Å². The van der Waals surface area contributed by atoms with Gasteiger partial charge in [0.25, 0.3) is 0 Å². The number of hydrogen-bond donors (Lipinski definition) is 1. The molecule has 2 aromatic carbocycles. The third-order valence-electron chi connectivity index (χ3n) is 5.63. The summed E-state index contributed by atoms with van der Waals surface area (Å²) in [4.78, 5) is 22.5. The van der Waals surface area contributed by atoms with Gasteiger partial charge >= 0.3 is 0 Å². The predicted molar refractivity (Wildman–Crippen MR) is 135 cm³/mol. The summed E-state index contributed by atoms with van der Waals surface area (Å²) in [6.45, 7) is 4.50. The van der Waals surface area contributed by atoms with Gasteiger partial charge < -0.3 is 24.3 Å². The van der Waals surface area contributed by atoms with Crippen LogP contribution in [0.4, 0.5) is 5.69 Å². The van der Waals surface area contributed by atoms with E-state index in [-0.39, 0.29) is 17.3 Å². The van der Waals surface area contributed by atoms with E-state index in [1.165, 1.54) is 11.8 Å². The predicted octanol–water partition coefficient (Wildman–Crippen LogP) is 4.75. The van der Waals surface area contributed by atoms with Crippen LogP contribution in [0, 0.1) is 0 Å². The molecule has 0 atom stereocenters. The molecule has 0 saturated carbocycles. The first-order chi connectivity index (χ1) is 16.8. The van der Waals surface area contributed by atoms with Crippen LogP contribution in [-0.4, -0.2) is 48.6 Å². The highest BCUT2D eigenvalue weighted by molar-refractivity contribution is 8.00. The Kier molecular flexibility index (Phi) is 7.47. The van der Waals surface area contributed by atoms with Crippen molar-refractivity contribution in [2.45, 2.75) is 37.5 Å². The number of ether oxygens (including phenoxy) is 4. The van der Waals surface area contributed by atoms with Crippen molar-refractivity contribution >= 4 is 23.4 Å². The van der Waals surface area contributed by atoms with Crippen molar-refractivity contribution in [2.75, 3.05) is 32.4 Å². The summed E-state index contributed by atoms with van der Waals surface area (Å²) in [5.41, 5.74) is 3.02. The number of rotatable bonds is 8. The van der Waals surface area contributed by atoms with Gasteiger partial charge in [0.05, 0.1) is 50.7 Å². The Morgan fingerprint density at radius 1 is 1.03 bits per heavy atom. The standard InChI is InChI=1S/C26H29N3O5S/c1-26(2)13-21-19(14-34-26)25(29-24(28-21)16-6-8-17(31-3)9-7-16)35-15-23(30)27-20-11-10-18(32-4)12-22(20)33-5/h6-12H,13-15H2,1-5H3,(H,27,30). The summed E-state index contributed by atoms with van der Waals surface area (Å²) in [6, 6.07) is 12.9. The number of thioether (sulfide) groups is 1. The van der Waals surface area contributed by atoms with Gasteiger partial charge in [-0.3, -0.25) is 4.79 Å². The van der Waals surface area contributed by atoms with Crippen LogP contribution in [-0.2, 0) is 22.6 Å². The molecule has 2 heterocycles. The Bertz CT molecular complexity index is 1210. The molecule has 3 aromatic rings. The normalized spacial score (nSPS) is 14.1. The summed E-state index contributed by atoms with van der Waals surface area (Å²) in [5.74, 6) is 2.55. The number of benzene rings is 2. The fourth-order valence-corrected chi connectivity index (χ4v) is 4.57. The Hall–Kier alpha value is -3.30. The summed E-state index contributed by atoms with van der Waals surface area (Å²) in [6.07, 6.45) is 0.664. The SMILES string of the molecule is COc1ccc(-c2nc3c(c(SCC(=O)Nc4ccc(OC)cc4OC)n2)COC(C)(C)C3)cc1. The van der Waals surface area contributed by atoms with Gasteiger partial charge in [-0.15, -0.1) is 0 Å². The Morgan fingerprint density at radius 3 is 2.43 bits per heavy atom. The minimum Gasteiger partial charge on any atom is -0.497 e. The lowest BCUT2D eigenvalue weighted by molar-refractivity contribution is -0.113. The van der Waals surface area contributed by atoms with Crippen LogP contribution in [0.3, 0.4) is 0 Å². The van der Waals surface area contributed by atoms with E-state index in [1.807, 2.05) is 38.1 Å². The Balaban J connectivity index is 1.57. The molecule has 1 aliphatic heterocycles. The van der Waals surface area contributed by atoms with Crippen LogP contribution >= 0.6 is 11.8 Å². The molecular formula is C26H29N3O5S. The van der Waals surface area contributed by atoms with E-state index < -0.39 is 0 Å². The fraction of sp³-hybridized carbons (Fsp3) is 0.346. The van der Waals surface area contributed by atoms with Crippen molar-refractivity contribution in [2.24, 2.45) is 0 Å².